The molecule has 0 spiro atoms. The van der Waals surface area contributed by atoms with E-state index < -0.39 is 0 Å². The van der Waals surface area contributed by atoms with Crippen LogP contribution in [-0.2, 0) is 6.42 Å². The van der Waals surface area contributed by atoms with Crippen molar-refractivity contribution in [3.63, 3.8) is 0 Å². The van der Waals surface area contributed by atoms with Crippen molar-refractivity contribution in [2.75, 3.05) is 13.2 Å². The lowest BCUT2D eigenvalue weighted by Gasteiger charge is -2.20. The number of phenolic OH excluding ortho intramolecular Hbond substituents is 1. The number of nitrogens with two attached hydrogens (primary N) is 1. The zero-order valence-corrected chi connectivity index (χ0v) is 9.03. The highest BCUT2D eigenvalue weighted by atomic mass is 16.6. The Labute approximate surface area is 94.0 Å². The van der Waals surface area contributed by atoms with Crippen LogP contribution in [0.1, 0.15) is 18.4 Å². The van der Waals surface area contributed by atoms with E-state index in [1.54, 1.807) is 6.07 Å². The Hall–Kier alpha value is -1.42. The quantitative estimate of drug-likeness (QED) is 0.787. The van der Waals surface area contributed by atoms with E-state index in [1.807, 2.05) is 6.07 Å². The molecule has 0 bridgehead atoms. The predicted molar refractivity (Wildman–Crippen MR) is 59.0 cm³/mol. The first-order valence-electron chi connectivity index (χ1n) is 5.57. The smallest absolute Gasteiger partial charge is 0.165 e. The molecule has 3 rings (SSSR count). The molecule has 1 fully saturated rings. The van der Waals surface area contributed by atoms with Gasteiger partial charge in [0.25, 0.3) is 0 Å². The fraction of sp³-hybridized carbons (Fsp3) is 0.500. The minimum Gasteiger partial charge on any atom is -0.508 e. The molecule has 1 aromatic carbocycles. The zero-order valence-electron chi connectivity index (χ0n) is 9.03. The molecule has 4 nitrogen and oxygen atoms in total. The Morgan fingerprint density at radius 2 is 1.81 bits per heavy atom. The van der Waals surface area contributed by atoms with Crippen molar-refractivity contribution in [1.82, 2.24) is 0 Å². The highest BCUT2D eigenvalue weighted by Gasteiger charge is 2.39. The van der Waals surface area contributed by atoms with Crippen molar-refractivity contribution in [1.29, 1.82) is 0 Å². The number of hydrogen-bond acceptors (Lipinski definition) is 4. The average Bonchev–Trinajstić information content (AvgIpc) is 2.97. The van der Waals surface area contributed by atoms with Crippen molar-refractivity contribution in [3.05, 3.63) is 17.7 Å². The third kappa shape index (κ3) is 1.69. The number of rotatable bonds is 2. The fourth-order valence-corrected chi connectivity index (χ4v) is 1.98. The van der Waals surface area contributed by atoms with E-state index >= 15 is 0 Å². The third-order valence-corrected chi connectivity index (χ3v) is 3.18. The van der Waals surface area contributed by atoms with E-state index in [0.29, 0.717) is 31.1 Å². The Morgan fingerprint density at radius 3 is 2.44 bits per heavy atom. The predicted octanol–water partition coefficient (Wildman–Crippen LogP) is 1.20. The lowest BCUT2D eigenvalue weighted by molar-refractivity contribution is 0.170. The summed E-state index contributed by atoms with van der Waals surface area (Å²) in [5.41, 5.74) is 6.78. The standard InChI is InChI=1S/C12H15NO3/c13-12(1-2-12)7-8-5-10-11(6-9(8)14)16-4-3-15-10/h5-6,14H,1-4,7,13H2. The summed E-state index contributed by atoms with van der Waals surface area (Å²) in [6, 6.07) is 3.46. The lowest BCUT2D eigenvalue weighted by Crippen LogP contribution is -2.24. The molecule has 1 saturated carbocycles. The van der Waals surface area contributed by atoms with Crippen molar-refractivity contribution in [3.8, 4) is 17.2 Å². The van der Waals surface area contributed by atoms with Gasteiger partial charge >= 0.3 is 0 Å². The number of ether oxygens (including phenoxy) is 2. The SMILES string of the molecule is NC1(Cc2cc3c(cc2O)OCCO3)CC1. The second-order valence-electron chi connectivity index (χ2n) is 4.66. The van der Waals surface area contributed by atoms with Gasteiger partial charge in [-0.1, -0.05) is 0 Å². The Balaban J connectivity index is 1.92. The van der Waals surface area contributed by atoms with Crippen molar-refractivity contribution >= 4 is 0 Å². The second-order valence-corrected chi connectivity index (χ2v) is 4.66. The molecule has 2 aliphatic rings. The number of hydrogen-bond donors (Lipinski definition) is 2. The first-order valence-corrected chi connectivity index (χ1v) is 5.57. The first kappa shape index (κ1) is 9.78. The molecule has 86 valence electrons. The Kier molecular flexibility index (Phi) is 2.01. The minimum absolute atomic E-state index is 0.110. The van der Waals surface area contributed by atoms with Crippen LogP contribution in [0, 0.1) is 0 Å². The molecular weight excluding hydrogens is 206 g/mol. The summed E-state index contributed by atoms with van der Waals surface area (Å²) in [6.45, 7) is 1.09. The van der Waals surface area contributed by atoms with Gasteiger partial charge in [0.2, 0.25) is 0 Å². The monoisotopic (exact) mass is 221 g/mol. The van der Waals surface area contributed by atoms with E-state index in [9.17, 15) is 5.11 Å². The molecule has 1 aliphatic heterocycles. The van der Waals surface area contributed by atoms with Crippen molar-refractivity contribution in [2.24, 2.45) is 5.73 Å². The van der Waals surface area contributed by atoms with Gasteiger partial charge in [-0.2, -0.15) is 0 Å². The largest absolute Gasteiger partial charge is 0.508 e. The van der Waals surface area contributed by atoms with Gasteiger partial charge in [0, 0.05) is 11.6 Å². The summed E-state index contributed by atoms with van der Waals surface area (Å²) in [4.78, 5) is 0. The molecule has 3 N–H and O–H groups in total. The number of fused-ring (bicyclic) bond motifs is 1. The van der Waals surface area contributed by atoms with Gasteiger partial charge in [0.05, 0.1) is 0 Å². The molecule has 0 amide bonds. The molecule has 0 radical (unpaired) electrons. The van der Waals surface area contributed by atoms with Gasteiger partial charge in [0.15, 0.2) is 11.5 Å². The van der Waals surface area contributed by atoms with E-state index in [4.69, 9.17) is 15.2 Å². The second kappa shape index (κ2) is 3.28. The van der Waals surface area contributed by atoms with Crippen LogP contribution in [0.15, 0.2) is 12.1 Å². The molecule has 0 unspecified atom stereocenters. The fourth-order valence-electron chi connectivity index (χ4n) is 1.98. The zero-order chi connectivity index (χ0) is 11.2. The normalized spacial score (nSPS) is 20.6. The molecule has 0 atom stereocenters. The van der Waals surface area contributed by atoms with Gasteiger partial charge in [-0.15, -0.1) is 0 Å². The molecule has 1 aromatic rings. The Morgan fingerprint density at radius 1 is 1.19 bits per heavy atom. The maximum atomic E-state index is 9.87. The van der Waals surface area contributed by atoms with Crippen LogP contribution in [0.2, 0.25) is 0 Å². The summed E-state index contributed by atoms with van der Waals surface area (Å²) in [7, 11) is 0. The summed E-state index contributed by atoms with van der Waals surface area (Å²) in [5.74, 6) is 1.58. The van der Waals surface area contributed by atoms with Gasteiger partial charge in [-0.05, 0) is 30.9 Å². The molecule has 4 heteroatoms. The highest BCUT2D eigenvalue weighted by molar-refractivity contribution is 5.51. The first-order chi connectivity index (χ1) is 7.66. The van der Waals surface area contributed by atoms with Crippen LogP contribution in [0.4, 0.5) is 0 Å². The minimum atomic E-state index is -0.110. The topological polar surface area (TPSA) is 64.7 Å². The van der Waals surface area contributed by atoms with Crippen LogP contribution >= 0.6 is 0 Å². The molecule has 1 aliphatic carbocycles. The molecule has 0 saturated heterocycles. The van der Waals surface area contributed by atoms with E-state index in [-0.39, 0.29) is 11.3 Å². The molecule has 0 aromatic heterocycles. The van der Waals surface area contributed by atoms with Gasteiger partial charge in [0.1, 0.15) is 19.0 Å². The van der Waals surface area contributed by atoms with E-state index in [2.05, 4.69) is 0 Å². The summed E-state index contributed by atoms with van der Waals surface area (Å²) in [5, 5.41) is 9.87. The number of aromatic hydroxyl groups is 1. The van der Waals surface area contributed by atoms with E-state index in [1.165, 1.54) is 0 Å². The van der Waals surface area contributed by atoms with Gasteiger partial charge in [-0.3, -0.25) is 0 Å². The van der Waals surface area contributed by atoms with E-state index in [0.717, 1.165) is 18.4 Å². The number of benzene rings is 1. The number of phenols is 1. The Bertz CT molecular complexity index is 427. The maximum Gasteiger partial charge on any atom is 0.165 e. The molecule has 16 heavy (non-hydrogen) atoms. The lowest BCUT2D eigenvalue weighted by atomic mass is 10.0. The van der Waals surface area contributed by atoms with Gasteiger partial charge in [-0.25, -0.2) is 0 Å². The summed E-state index contributed by atoms with van der Waals surface area (Å²) in [6.07, 6.45) is 2.76. The average molecular weight is 221 g/mol. The van der Waals surface area contributed by atoms with Crippen LogP contribution in [0.5, 0.6) is 17.2 Å². The van der Waals surface area contributed by atoms with Crippen LogP contribution < -0.4 is 15.2 Å². The summed E-state index contributed by atoms with van der Waals surface area (Å²) >= 11 is 0. The third-order valence-electron chi connectivity index (χ3n) is 3.18. The molecule has 1 heterocycles. The summed E-state index contributed by atoms with van der Waals surface area (Å²) < 4.78 is 10.9. The van der Waals surface area contributed by atoms with Gasteiger partial charge < -0.3 is 20.3 Å². The van der Waals surface area contributed by atoms with Crippen LogP contribution in [-0.4, -0.2) is 23.9 Å². The van der Waals surface area contributed by atoms with Crippen molar-refractivity contribution in [2.45, 2.75) is 24.8 Å². The maximum absolute atomic E-state index is 9.87. The highest BCUT2D eigenvalue weighted by Crippen LogP contribution is 2.41. The molecular formula is C12H15NO3. The van der Waals surface area contributed by atoms with Crippen molar-refractivity contribution < 1.29 is 14.6 Å². The van der Waals surface area contributed by atoms with Crippen LogP contribution in [0.3, 0.4) is 0 Å². The van der Waals surface area contributed by atoms with Crippen LogP contribution in [0.25, 0.3) is 0 Å².